The largest absolute Gasteiger partial charge is 0.350 e. The standard InChI is InChI=1S/C19H20BrN/c1-13(2)15-6-4-14(5-7-15)10-16-12-21(3)19-9-8-17(20)11-18(16)19/h4-9,11-13H,10H2,1-3H3. The van der Waals surface area contributed by atoms with Crippen molar-refractivity contribution >= 4 is 26.8 Å². The number of hydrogen-bond acceptors (Lipinski definition) is 0. The summed E-state index contributed by atoms with van der Waals surface area (Å²) in [5, 5.41) is 1.33. The average Bonchev–Trinajstić information content (AvgIpc) is 2.75. The van der Waals surface area contributed by atoms with Crippen LogP contribution in [0, 0.1) is 0 Å². The second kappa shape index (κ2) is 5.69. The number of aryl methyl sites for hydroxylation is 1. The number of hydrogen-bond donors (Lipinski definition) is 0. The van der Waals surface area contributed by atoms with Gasteiger partial charge in [-0.3, -0.25) is 0 Å². The number of rotatable bonds is 3. The van der Waals surface area contributed by atoms with E-state index in [4.69, 9.17) is 0 Å². The van der Waals surface area contributed by atoms with Crippen molar-refractivity contribution in [2.75, 3.05) is 0 Å². The summed E-state index contributed by atoms with van der Waals surface area (Å²) in [5.41, 5.74) is 5.43. The second-order valence-corrected chi connectivity index (χ2v) is 6.92. The third kappa shape index (κ3) is 2.91. The van der Waals surface area contributed by atoms with Gasteiger partial charge in [-0.05, 0) is 47.2 Å². The molecule has 0 atom stereocenters. The Bertz CT molecular complexity index is 766. The van der Waals surface area contributed by atoms with Crippen LogP contribution >= 0.6 is 15.9 Å². The minimum absolute atomic E-state index is 0.590. The maximum Gasteiger partial charge on any atom is 0.0481 e. The highest BCUT2D eigenvalue weighted by Gasteiger charge is 2.08. The molecule has 0 unspecified atom stereocenters. The van der Waals surface area contributed by atoms with Crippen molar-refractivity contribution in [2.45, 2.75) is 26.2 Å². The van der Waals surface area contributed by atoms with Crippen LogP contribution in [0.2, 0.25) is 0 Å². The van der Waals surface area contributed by atoms with Gasteiger partial charge in [-0.25, -0.2) is 0 Å². The Hall–Kier alpha value is -1.54. The van der Waals surface area contributed by atoms with Crippen LogP contribution in [0.3, 0.4) is 0 Å². The fourth-order valence-electron chi connectivity index (χ4n) is 2.83. The highest BCUT2D eigenvalue weighted by atomic mass is 79.9. The molecule has 0 saturated heterocycles. The number of aromatic nitrogens is 1. The fourth-order valence-corrected chi connectivity index (χ4v) is 3.19. The summed E-state index contributed by atoms with van der Waals surface area (Å²) in [6.07, 6.45) is 3.22. The van der Waals surface area contributed by atoms with E-state index in [1.807, 2.05) is 0 Å². The number of fused-ring (bicyclic) bond motifs is 1. The molecule has 1 nitrogen and oxygen atoms in total. The molecule has 0 aliphatic rings. The lowest BCUT2D eigenvalue weighted by molar-refractivity contribution is 0.865. The third-order valence-electron chi connectivity index (χ3n) is 4.07. The molecule has 0 aliphatic carbocycles. The van der Waals surface area contributed by atoms with E-state index in [1.165, 1.54) is 27.6 Å². The molecule has 0 bridgehead atoms. The van der Waals surface area contributed by atoms with Gasteiger partial charge in [0.15, 0.2) is 0 Å². The Morgan fingerprint density at radius 2 is 1.76 bits per heavy atom. The highest BCUT2D eigenvalue weighted by molar-refractivity contribution is 9.10. The predicted octanol–water partition coefficient (Wildman–Crippen LogP) is 5.66. The fraction of sp³-hybridized carbons (Fsp3) is 0.263. The number of halogens is 1. The van der Waals surface area contributed by atoms with E-state index in [0.717, 1.165) is 10.9 Å². The van der Waals surface area contributed by atoms with Gasteiger partial charge >= 0.3 is 0 Å². The zero-order valence-electron chi connectivity index (χ0n) is 12.7. The Morgan fingerprint density at radius 3 is 2.43 bits per heavy atom. The van der Waals surface area contributed by atoms with Crippen LogP contribution in [0.25, 0.3) is 10.9 Å². The molecule has 1 aromatic heterocycles. The summed E-state index contributed by atoms with van der Waals surface area (Å²) in [6.45, 7) is 4.47. The first-order chi connectivity index (χ1) is 10.0. The van der Waals surface area contributed by atoms with Gasteiger partial charge in [0, 0.05) is 28.6 Å². The van der Waals surface area contributed by atoms with Crippen LogP contribution in [0.5, 0.6) is 0 Å². The first-order valence-corrected chi connectivity index (χ1v) is 8.16. The van der Waals surface area contributed by atoms with Gasteiger partial charge in [0.05, 0.1) is 0 Å². The minimum Gasteiger partial charge on any atom is -0.350 e. The maximum atomic E-state index is 3.58. The third-order valence-corrected chi connectivity index (χ3v) is 4.57. The molecule has 0 spiro atoms. The van der Waals surface area contributed by atoms with Crippen molar-refractivity contribution in [3.63, 3.8) is 0 Å². The van der Waals surface area contributed by atoms with Gasteiger partial charge in [0.1, 0.15) is 0 Å². The Morgan fingerprint density at radius 1 is 1.05 bits per heavy atom. The minimum atomic E-state index is 0.590. The molecule has 2 heteroatoms. The van der Waals surface area contributed by atoms with Gasteiger partial charge in [-0.1, -0.05) is 54.0 Å². The molecule has 0 fully saturated rings. The SMILES string of the molecule is CC(C)c1ccc(Cc2cn(C)c3ccc(Br)cc23)cc1. The Labute approximate surface area is 134 Å². The molecule has 108 valence electrons. The van der Waals surface area contributed by atoms with Gasteiger partial charge in [0.25, 0.3) is 0 Å². The van der Waals surface area contributed by atoms with Crippen molar-refractivity contribution in [3.05, 3.63) is 69.8 Å². The lowest BCUT2D eigenvalue weighted by Crippen LogP contribution is -1.90. The molecule has 0 aliphatic heterocycles. The van der Waals surface area contributed by atoms with Crippen LogP contribution in [-0.4, -0.2) is 4.57 Å². The molecular formula is C19H20BrN. The quantitative estimate of drug-likeness (QED) is 0.579. The average molecular weight is 342 g/mol. The van der Waals surface area contributed by atoms with Gasteiger partial charge in [0.2, 0.25) is 0 Å². The molecule has 2 aromatic carbocycles. The van der Waals surface area contributed by atoms with Crippen molar-refractivity contribution in [1.29, 1.82) is 0 Å². The van der Waals surface area contributed by atoms with Gasteiger partial charge < -0.3 is 4.57 Å². The summed E-state index contributed by atoms with van der Waals surface area (Å²) in [6, 6.07) is 15.5. The van der Waals surface area contributed by atoms with Crippen LogP contribution in [0.15, 0.2) is 53.1 Å². The molecular weight excluding hydrogens is 322 g/mol. The first-order valence-electron chi connectivity index (χ1n) is 7.37. The maximum absolute atomic E-state index is 3.58. The van der Waals surface area contributed by atoms with Crippen LogP contribution in [0.4, 0.5) is 0 Å². The number of benzene rings is 2. The van der Waals surface area contributed by atoms with E-state index in [-0.39, 0.29) is 0 Å². The van der Waals surface area contributed by atoms with Crippen LogP contribution in [-0.2, 0) is 13.5 Å². The van der Waals surface area contributed by atoms with Gasteiger partial charge in [-0.15, -0.1) is 0 Å². The summed E-state index contributed by atoms with van der Waals surface area (Å²) >= 11 is 3.58. The summed E-state index contributed by atoms with van der Waals surface area (Å²) in [7, 11) is 2.11. The van der Waals surface area contributed by atoms with E-state index in [0.29, 0.717) is 5.92 Å². The summed E-state index contributed by atoms with van der Waals surface area (Å²) in [5.74, 6) is 0.590. The monoisotopic (exact) mass is 341 g/mol. The lowest BCUT2D eigenvalue weighted by atomic mass is 9.99. The van der Waals surface area contributed by atoms with E-state index in [1.54, 1.807) is 0 Å². The summed E-state index contributed by atoms with van der Waals surface area (Å²) < 4.78 is 3.34. The topological polar surface area (TPSA) is 4.93 Å². The number of nitrogens with zero attached hydrogens (tertiary/aromatic N) is 1. The highest BCUT2D eigenvalue weighted by Crippen LogP contribution is 2.26. The normalized spacial score (nSPS) is 11.5. The van der Waals surface area contributed by atoms with E-state index < -0.39 is 0 Å². The van der Waals surface area contributed by atoms with E-state index in [2.05, 4.69) is 90.1 Å². The summed E-state index contributed by atoms with van der Waals surface area (Å²) in [4.78, 5) is 0. The lowest BCUT2D eigenvalue weighted by Gasteiger charge is -2.06. The predicted molar refractivity (Wildman–Crippen MR) is 94.0 cm³/mol. The smallest absolute Gasteiger partial charge is 0.0481 e. The van der Waals surface area contributed by atoms with E-state index >= 15 is 0 Å². The van der Waals surface area contributed by atoms with Crippen molar-refractivity contribution in [3.8, 4) is 0 Å². The molecule has 1 heterocycles. The molecule has 0 radical (unpaired) electrons. The van der Waals surface area contributed by atoms with Crippen molar-refractivity contribution in [1.82, 2.24) is 4.57 Å². The zero-order chi connectivity index (χ0) is 15.0. The Balaban J connectivity index is 1.96. The Kier molecular flexibility index (Phi) is 3.90. The zero-order valence-corrected chi connectivity index (χ0v) is 14.3. The van der Waals surface area contributed by atoms with Crippen LogP contribution < -0.4 is 0 Å². The van der Waals surface area contributed by atoms with Gasteiger partial charge in [-0.2, -0.15) is 0 Å². The molecule has 0 N–H and O–H groups in total. The molecule has 3 rings (SSSR count). The first kappa shape index (κ1) is 14.4. The van der Waals surface area contributed by atoms with Crippen molar-refractivity contribution in [2.24, 2.45) is 7.05 Å². The second-order valence-electron chi connectivity index (χ2n) is 6.00. The molecule has 0 saturated carbocycles. The van der Waals surface area contributed by atoms with Crippen LogP contribution in [0.1, 0.15) is 36.5 Å². The van der Waals surface area contributed by atoms with E-state index in [9.17, 15) is 0 Å². The molecule has 3 aromatic rings. The molecule has 21 heavy (non-hydrogen) atoms. The van der Waals surface area contributed by atoms with Crippen molar-refractivity contribution < 1.29 is 0 Å². The molecule has 0 amide bonds.